The van der Waals surface area contributed by atoms with Crippen LogP contribution in [0.4, 0.5) is 0 Å². The van der Waals surface area contributed by atoms with Gasteiger partial charge in [-0.15, -0.1) is 0 Å². The molecule has 0 aromatic heterocycles. The first-order chi connectivity index (χ1) is 21.1. The fourth-order valence-electron chi connectivity index (χ4n) is 6.19. The van der Waals surface area contributed by atoms with Gasteiger partial charge in [0.05, 0.1) is 0 Å². The topological polar surface area (TPSA) is 0 Å². The van der Waals surface area contributed by atoms with Crippen molar-refractivity contribution >= 4 is 36.9 Å². The summed E-state index contributed by atoms with van der Waals surface area (Å²) in [6, 6.07) is 2.60. The molecule has 0 heterocycles. The maximum absolute atomic E-state index is 6.34. The number of hydrogen-bond donors (Lipinski definition) is 0. The summed E-state index contributed by atoms with van der Waals surface area (Å²) in [5.41, 5.74) is 0. The molecular formula is C40H86Cl2Si2. The van der Waals surface area contributed by atoms with Gasteiger partial charge in [0.15, 0.2) is 0 Å². The van der Waals surface area contributed by atoms with E-state index in [4.69, 9.17) is 22.2 Å². The van der Waals surface area contributed by atoms with Crippen LogP contribution in [0.1, 0.15) is 219 Å². The minimum Gasteiger partial charge on any atom is -0.168 e. The number of rotatable bonds is 34. The zero-order chi connectivity index (χ0) is 33.0. The summed E-state index contributed by atoms with van der Waals surface area (Å²) in [5, 5.41) is 0. The first-order valence-corrected chi connectivity index (χ1v) is 28.9. The Morgan fingerprint density at radius 2 is 0.386 bits per heavy atom. The van der Waals surface area contributed by atoms with Crippen molar-refractivity contribution in [3.05, 3.63) is 0 Å². The maximum Gasteiger partial charge on any atom is 0.150 e. The molecule has 44 heavy (non-hydrogen) atoms. The molecule has 0 aliphatic rings. The summed E-state index contributed by atoms with van der Waals surface area (Å²) in [4.78, 5) is 0. The van der Waals surface area contributed by atoms with Crippen molar-refractivity contribution in [1.82, 2.24) is 0 Å². The third-order valence-corrected chi connectivity index (χ3v) is 13.5. The van der Waals surface area contributed by atoms with Gasteiger partial charge in [-0.05, 0) is 12.1 Å². The highest BCUT2D eigenvalue weighted by Gasteiger charge is 2.16. The van der Waals surface area contributed by atoms with Crippen LogP contribution in [-0.4, -0.2) is 14.8 Å². The maximum atomic E-state index is 6.34. The summed E-state index contributed by atoms with van der Waals surface area (Å²) >= 11 is 12.7. The van der Waals surface area contributed by atoms with E-state index in [9.17, 15) is 0 Å². The van der Waals surface area contributed by atoms with Gasteiger partial charge in [-0.3, -0.25) is 0 Å². The zero-order valence-electron chi connectivity index (χ0n) is 31.8. The van der Waals surface area contributed by atoms with Gasteiger partial charge in [-0.2, -0.15) is 22.2 Å². The zero-order valence-corrected chi connectivity index (χ0v) is 35.3. The predicted octanol–water partition coefficient (Wildman–Crippen LogP) is 17.4. The van der Waals surface area contributed by atoms with Crippen molar-refractivity contribution in [1.29, 1.82) is 0 Å². The molecule has 0 aromatic carbocycles. The minimum absolute atomic E-state index is 1.29. The molecule has 268 valence electrons. The Labute approximate surface area is 293 Å². The third kappa shape index (κ3) is 49.9. The Morgan fingerprint density at radius 3 is 0.523 bits per heavy atom. The SMILES string of the molecule is CCCCCCCCCCCCCCCCCC[Si](C)(C)Cl.CCCCCCCCCCCCCCCCCC[Si](C)(C)Cl. The molecule has 4 heteroatoms. The molecule has 0 radical (unpaired) electrons. The summed E-state index contributed by atoms with van der Waals surface area (Å²) in [6.07, 6.45) is 46.3. The highest BCUT2D eigenvalue weighted by atomic mass is 35.6. The smallest absolute Gasteiger partial charge is 0.150 e. The minimum atomic E-state index is -1.29. The molecule has 0 bridgehead atoms. The Kier molecular flexibility index (Phi) is 39.5. The van der Waals surface area contributed by atoms with E-state index in [1.807, 2.05) is 0 Å². The highest BCUT2D eigenvalue weighted by molar-refractivity contribution is 7.19. The fourth-order valence-corrected chi connectivity index (χ4v) is 9.17. The van der Waals surface area contributed by atoms with Gasteiger partial charge < -0.3 is 0 Å². The van der Waals surface area contributed by atoms with Crippen LogP contribution in [0.2, 0.25) is 38.3 Å². The lowest BCUT2D eigenvalue weighted by atomic mass is 10.0. The second kappa shape index (κ2) is 36.8. The molecule has 0 aromatic rings. The van der Waals surface area contributed by atoms with Gasteiger partial charge in [0.2, 0.25) is 0 Å². The summed E-state index contributed by atoms with van der Waals surface area (Å²) in [7, 11) is -2.58. The molecule has 0 fully saturated rings. The molecule has 0 unspecified atom stereocenters. The lowest BCUT2D eigenvalue weighted by molar-refractivity contribution is 0.531. The first-order valence-electron chi connectivity index (χ1n) is 20.5. The van der Waals surface area contributed by atoms with Crippen LogP contribution in [0.3, 0.4) is 0 Å². The first kappa shape index (κ1) is 47.1. The molecule has 0 saturated heterocycles. The molecule has 0 saturated carbocycles. The number of hydrogen-bond acceptors (Lipinski definition) is 0. The van der Waals surface area contributed by atoms with Crippen molar-refractivity contribution in [3.63, 3.8) is 0 Å². The molecule has 0 aliphatic heterocycles. The van der Waals surface area contributed by atoms with Gasteiger partial charge >= 0.3 is 0 Å². The summed E-state index contributed by atoms with van der Waals surface area (Å²) in [6.45, 7) is 13.6. The van der Waals surface area contributed by atoms with E-state index in [1.165, 1.54) is 218 Å². The van der Waals surface area contributed by atoms with Crippen molar-refractivity contribution in [2.45, 2.75) is 258 Å². The molecule has 0 aliphatic carbocycles. The van der Waals surface area contributed by atoms with Gasteiger partial charge in [0.25, 0.3) is 0 Å². The Bertz CT molecular complexity index is 466. The van der Waals surface area contributed by atoms with Gasteiger partial charge in [0, 0.05) is 0 Å². The predicted molar refractivity (Wildman–Crippen MR) is 215 cm³/mol. The molecule has 0 spiro atoms. The Morgan fingerprint density at radius 1 is 0.250 bits per heavy atom. The van der Waals surface area contributed by atoms with E-state index < -0.39 is 14.8 Å². The van der Waals surface area contributed by atoms with Crippen molar-refractivity contribution in [2.24, 2.45) is 0 Å². The highest BCUT2D eigenvalue weighted by Crippen LogP contribution is 2.21. The molecule has 0 amide bonds. The normalized spacial score (nSPS) is 12.0. The van der Waals surface area contributed by atoms with E-state index in [0.717, 1.165) is 0 Å². The molecular weight excluding hydrogens is 608 g/mol. The molecule has 0 N–H and O–H groups in total. The molecule has 0 nitrogen and oxygen atoms in total. The quantitative estimate of drug-likeness (QED) is 0.0357. The standard InChI is InChI=1S/2C20H43ClSi/c2*1-4-5-6-7-8-9-10-11-12-13-14-15-16-17-18-19-20-22(2,3)21/h2*4-20H2,1-3H3. The molecule has 0 atom stereocenters. The van der Waals surface area contributed by atoms with Crippen molar-refractivity contribution in [2.75, 3.05) is 0 Å². The van der Waals surface area contributed by atoms with E-state index in [1.54, 1.807) is 0 Å². The van der Waals surface area contributed by atoms with Gasteiger partial charge in [-0.1, -0.05) is 246 Å². The van der Waals surface area contributed by atoms with Crippen LogP contribution >= 0.6 is 22.2 Å². The van der Waals surface area contributed by atoms with Crippen LogP contribution in [0.5, 0.6) is 0 Å². The molecule has 0 rings (SSSR count). The van der Waals surface area contributed by atoms with Crippen LogP contribution < -0.4 is 0 Å². The van der Waals surface area contributed by atoms with E-state index in [2.05, 4.69) is 40.0 Å². The van der Waals surface area contributed by atoms with Crippen LogP contribution in [0, 0.1) is 0 Å². The van der Waals surface area contributed by atoms with Crippen molar-refractivity contribution in [3.8, 4) is 0 Å². The monoisotopic (exact) mass is 693 g/mol. The van der Waals surface area contributed by atoms with Crippen molar-refractivity contribution < 1.29 is 0 Å². The Balaban J connectivity index is 0. The van der Waals surface area contributed by atoms with E-state index in [-0.39, 0.29) is 0 Å². The number of halogens is 2. The second-order valence-electron chi connectivity index (χ2n) is 15.5. The average molecular weight is 694 g/mol. The number of unbranched alkanes of at least 4 members (excludes halogenated alkanes) is 30. The summed E-state index contributed by atoms with van der Waals surface area (Å²) < 4.78 is 0. The largest absolute Gasteiger partial charge is 0.168 e. The second-order valence-corrected chi connectivity index (χ2v) is 29.6. The lowest BCUT2D eigenvalue weighted by Crippen LogP contribution is -2.14. The average Bonchev–Trinajstić information content (AvgIpc) is 2.96. The Hall–Kier alpha value is 1.01. The lowest BCUT2D eigenvalue weighted by Gasteiger charge is -2.11. The van der Waals surface area contributed by atoms with Crippen LogP contribution in [-0.2, 0) is 0 Å². The van der Waals surface area contributed by atoms with Gasteiger partial charge in [0.1, 0.15) is 14.8 Å². The van der Waals surface area contributed by atoms with E-state index in [0.29, 0.717) is 0 Å². The summed E-state index contributed by atoms with van der Waals surface area (Å²) in [5.74, 6) is 0. The van der Waals surface area contributed by atoms with Crippen LogP contribution in [0.15, 0.2) is 0 Å². The van der Waals surface area contributed by atoms with Gasteiger partial charge in [-0.25, -0.2) is 0 Å². The van der Waals surface area contributed by atoms with E-state index >= 15 is 0 Å². The third-order valence-electron chi connectivity index (χ3n) is 9.25. The fraction of sp³-hybridized carbons (Fsp3) is 1.00. The van der Waals surface area contributed by atoms with Crippen LogP contribution in [0.25, 0.3) is 0 Å².